The second kappa shape index (κ2) is 6.80. The summed E-state index contributed by atoms with van der Waals surface area (Å²) in [4.78, 5) is 4.63. The maximum atomic E-state index is 5.23. The standard InChI is InChI=1S/C17H18N2OS/c1-20-12-14-7-3-2-6-13(14)10-18-11-17-19-15-8-4-5-9-16(15)21-17/h2-9,18H,10-12H2,1H3. The van der Waals surface area contributed by atoms with Crippen molar-refractivity contribution in [2.24, 2.45) is 0 Å². The van der Waals surface area contributed by atoms with Crippen molar-refractivity contribution in [2.45, 2.75) is 19.7 Å². The van der Waals surface area contributed by atoms with Gasteiger partial charge in [-0.1, -0.05) is 36.4 Å². The molecule has 1 heterocycles. The average Bonchev–Trinajstić information content (AvgIpc) is 2.92. The zero-order valence-corrected chi connectivity index (χ0v) is 12.8. The maximum absolute atomic E-state index is 5.23. The number of nitrogens with zero attached hydrogens (tertiary/aromatic N) is 1. The second-order valence-electron chi connectivity index (χ2n) is 4.88. The zero-order valence-electron chi connectivity index (χ0n) is 12.0. The van der Waals surface area contributed by atoms with Crippen LogP contribution in [0.4, 0.5) is 0 Å². The number of aromatic nitrogens is 1. The summed E-state index contributed by atoms with van der Waals surface area (Å²) in [5.74, 6) is 0. The molecule has 0 saturated heterocycles. The number of rotatable bonds is 6. The molecule has 0 bridgehead atoms. The van der Waals surface area contributed by atoms with Crippen LogP contribution in [-0.2, 0) is 24.4 Å². The van der Waals surface area contributed by atoms with Crippen LogP contribution >= 0.6 is 11.3 Å². The first kappa shape index (κ1) is 14.2. The predicted molar refractivity (Wildman–Crippen MR) is 87.3 cm³/mol. The normalized spacial score (nSPS) is 11.1. The SMILES string of the molecule is COCc1ccccc1CNCc1nc2ccccc2s1. The van der Waals surface area contributed by atoms with E-state index in [1.165, 1.54) is 15.8 Å². The summed E-state index contributed by atoms with van der Waals surface area (Å²) in [5.41, 5.74) is 3.59. The molecule has 21 heavy (non-hydrogen) atoms. The van der Waals surface area contributed by atoms with E-state index in [0.717, 1.165) is 23.6 Å². The van der Waals surface area contributed by atoms with Crippen molar-refractivity contribution in [1.82, 2.24) is 10.3 Å². The highest BCUT2D eigenvalue weighted by molar-refractivity contribution is 7.18. The van der Waals surface area contributed by atoms with Crippen molar-refractivity contribution in [3.63, 3.8) is 0 Å². The fourth-order valence-electron chi connectivity index (χ4n) is 2.33. The van der Waals surface area contributed by atoms with E-state index in [-0.39, 0.29) is 0 Å². The number of para-hydroxylation sites is 1. The van der Waals surface area contributed by atoms with Crippen molar-refractivity contribution in [2.75, 3.05) is 7.11 Å². The Bertz CT molecular complexity index is 690. The van der Waals surface area contributed by atoms with Crippen LogP contribution in [0, 0.1) is 0 Å². The molecule has 108 valence electrons. The van der Waals surface area contributed by atoms with Crippen LogP contribution in [0.2, 0.25) is 0 Å². The van der Waals surface area contributed by atoms with Gasteiger partial charge in [-0.2, -0.15) is 0 Å². The van der Waals surface area contributed by atoms with Crippen LogP contribution in [-0.4, -0.2) is 12.1 Å². The molecule has 0 aliphatic rings. The number of methoxy groups -OCH3 is 1. The van der Waals surface area contributed by atoms with Gasteiger partial charge in [-0.25, -0.2) is 4.98 Å². The lowest BCUT2D eigenvalue weighted by Gasteiger charge is -2.09. The first-order valence-corrected chi connectivity index (χ1v) is 7.79. The fourth-order valence-corrected chi connectivity index (χ4v) is 3.26. The van der Waals surface area contributed by atoms with Crippen LogP contribution in [0.15, 0.2) is 48.5 Å². The van der Waals surface area contributed by atoms with Gasteiger partial charge in [0.05, 0.1) is 16.8 Å². The molecule has 1 aromatic heterocycles. The smallest absolute Gasteiger partial charge is 0.108 e. The molecule has 3 rings (SSSR count). The van der Waals surface area contributed by atoms with E-state index in [1.54, 1.807) is 18.4 Å². The number of hydrogen-bond acceptors (Lipinski definition) is 4. The number of ether oxygens (including phenoxy) is 1. The van der Waals surface area contributed by atoms with Gasteiger partial charge in [0.25, 0.3) is 0 Å². The van der Waals surface area contributed by atoms with Crippen LogP contribution in [0.25, 0.3) is 10.2 Å². The van der Waals surface area contributed by atoms with Crippen molar-refractivity contribution >= 4 is 21.6 Å². The maximum Gasteiger partial charge on any atom is 0.108 e. The Morgan fingerprint density at radius 2 is 1.76 bits per heavy atom. The van der Waals surface area contributed by atoms with E-state index >= 15 is 0 Å². The minimum atomic E-state index is 0.652. The number of nitrogens with one attached hydrogen (secondary N) is 1. The van der Waals surface area contributed by atoms with E-state index in [0.29, 0.717) is 6.61 Å². The van der Waals surface area contributed by atoms with Gasteiger partial charge < -0.3 is 10.1 Å². The molecule has 0 radical (unpaired) electrons. The van der Waals surface area contributed by atoms with Crippen LogP contribution in [0.1, 0.15) is 16.1 Å². The Hall–Kier alpha value is -1.75. The van der Waals surface area contributed by atoms with Gasteiger partial charge in [-0.3, -0.25) is 0 Å². The van der Waals surface area contributed by atoms with Gasteiger partial charge in [0, 0.05) is 20.2 Å². The highest BCUT2D eigenvalue weighted by Gasteiger charge is 2.04. The summed E-state index contributed by atoms with van der Waals surface area (Å²) in [7, 11) is 1.73. The summed E-state index contributed by atoms with van der Waals surface area (Å²) in [6.07, 6.45) is 0. The monoisotopic (exact) mass is 298 g/mol. The van der Waals surface area contributed by atoms with Gasteiger partial charge in [-0.15, -0.1) is 11.3 Å². The van der Waals surface area contributed by atoms with E-state index in [4.69, 9.17) is 4.74 Å². The predicted octanol–water partition coefficient (Wildman–Crippen LogP) is 3.73. The Kier molecular flexibility index (Phi) is 4.60. The van der Waals surface area contributed by atoms with E-state index in [1.807, 2.05) is 12.1 Å². The third-order valence-corrected chi connectivity index (χ3v) is 4.38. The molecule has 0 aliphatic heterocycles. The highest BCUT2D eigenvalue weighted by Crippen LogP contribution is 2.21. The molecule has 3 aromatic rings. The Labute approximate surface area is 128 Å². The van der Waals surface area contributed by atoms with E-state index in [9.17, 15) is 0 Å². The van der Waals surface area contributed by atoms with Crippen LogP contribution in [0.5, 0.6) is 0 Å². The summed E-state index contributed by atoms with van der Waals surface area (Å²) in [6.45, 7) is 2.27. The average molecular weight is 298 g/mol. The summed E-state index contributed by atoms with van der Waals surface area (Å²) in [5, 5.41) is 4.60. The molecule has 0 fully saturated rings. The lowest BCUT2D eigenvalue weighted by molar-refractivity contribution is 0.184. The zero-order chi connectivity index (χ0) is 14.5. The minimum Gasteiger partial charge on any atom is -0.380 e. The molecule has 1 N–H and O–H groups in total. The Morgan fingerprint density at radius 1 is 1.00 bits per heavy atom. The molecule has 0 spiro atoms. The third-order valence-electron chi connectivity index (χ3n) is 3.35. The number of fused-ring (bicyclic) bond motifs is 1. The van der Waals surface area contributed by atoms with Gasteiger partial charge in [0.1, 0.15) is 5.01 Å². The lowest BCUT2D eigenvalue weighted by atomic mass is 10.1. The molecule has 0 atom stereocenters. The molecule has 2 aromatic carbocycles. The van der Waals surface area contributed by atoms with Gasteiger partial charge in [0.2, 0.25) is 0 Å². The van der Waals surface area contributed by atoms with Crippen LogP contribution < -0.4 is 5.32 Å². The first-order valence-electron chi connectivity index (χ1n) is 6.97. The molecule has 4 heteroatoms. The van der Waals surface area contributed by atoms with Crippen molar-refractivity contribution in [1.29, 1.82) is 0 Å². The Balaban J connectivity index is 1.63. The summed E-state index contributed by atoms with van der Waals surface area (Å²) < 4.78 is 6.48. The van der Waals surface area contributed by atoms with Crippen molar-refractivity contribution in [3.05, 3.63) is 64.7 Å². The molecule has 0 saturated carbocycles. The lowest BCUT2D eigenvalue weighted by Crippen LogP contribution is -2.14. The summed E-state index contributed by atoms with van der Waals surface area (Å²) >= 11 is 1.75. The molecular formula is C17H18N2OS. The van der Waals surface area contributed by atoms with Gasteiger partial charge >= 0.3 is 0 Å². The number of hydrogen-bond donors (Lipinski definition) is 1. The second-order valence-corrected chi connectivity index (χ2v) is 6.00. The quantitative estimate of drug-likeness (QED) is 0.753. The third kappa shape index (κ3) is 3.47. The van der Waals surface area contributed by atoms with Crippen molar-refractivity contribution in [3.8, 4) is 0 Å². The van der Waals surface area contributed by atoms with Gasteiger partial charge in [-0.05, 0) is 23.3 Å². The van der Waals surface area contributed by atoms with E-state index < -0.39 is 0 Å². The Morgan fingerprint density at radius 3 is 2.57 bits per heavy atom. The molecular weight excluding hydrogens is 280 g/mol. The largest absolute Gasteiger partial charge is 0.380 e. The topological polar surface area (TPSA) is 34.1 Å². The van der Waals surface area contributed by atoms with Crippen LogP contribution in [0.3, 0.4) is 0 Å². The molecule has 0 unspecified atom stereocenters. The van der Waals surface area contributed by atoms with Crippen molar-refractivity contribution < 1.29 is 4.74 Å². The number of benzene rings is 2. The van der Waals surface area contributed by atoms with Gasteiger partial charge in [0.15, 0.2) is 0 Å². The first-order chi connectivity index (χ1) is 10.4. The number of thiazole rings is 1. The fraction of sp³-hybridized carbons (Fsp3) is 0.235. The molecule has 0 amide bonds. The molecule has 3 nitrogen and oxygen atoms in total. The highest BCUT2D eigenvalue weighted by atomic mass is 32.1. The van der Waals surface area contributed by atoms with E-state index in [2.05, 4.69) is 46.7 Å². The summed E-state index contributed by atoms with van der Waals surface area (Å²) in [6, 6.07) is 16.6. The minimum absolute atomic E-state index is 0.652. The molecule has 0 aliphatic carbocycles.